The molecule has 1 atom stereocenters. The monoisotopic (exact) mass is 220 g/mol. The molecule has 4 heteroatoms. The van der Waals surface area contributed by atoms with Crippen LogP contribution >= 0.6 is 0 Å². The first kappa shape index (κ1) is 11.0. The molecule has 4 nitrogen and oxygen atoms in total. The van der Waals surface area contributed by atoms with E-state index in [1.165, 1.54) is 0 Å². The Morgan fingerprint density at radius 3 is 2.50 bits per heavy atom. The van der Waals surface area contributed by atoms with Gasteiger partial charge < -0.3 is 5.11 Å². The molecule has 1 aromatic carbocycles. The number of benzene rings is 1. The molecule has 0 saturated heterocycles. The average molecular weight is 220 g/mol. The zero-order chi connectivity index (χ0) is 11.9. The molecular weight excluding hydrogens is 204 g/mol. The number of hydrogen-bond acceptors (Lipinski definition) is 2. The van der Waals surface area contributed by atoms with Crippen molar-refractivity contribution < 1.29 is 5.11 Å². The molecule has 1 aromatic heterocycles. The summed E-state index contributed by atoms with van der Waals surface area (Å²) in [4.78, 5) is 11.7. The maximum Gasteiger partial charge on any atom is 0.328 e. The zero-order valence-corrected chi connectivity index (χ0v) is 9.77. The Hall–Kier alpha value is -1.55. The zero-order valence-electron chi connectivity index (χ0n) is 9.77. The van der Waals surface area contributed by atoms with Gasteiger partial charge in [0.1, 0.15) is 0 Å². The number of imidazole rings is 1. The van der Waals surface area contributed by atoms with Crippen LogP contribution in [0.4, 0.5) is 0 Å². The van der Waals surface area contributed by atoms with Gasteiger partial charge in [-0.05, 0) is 24.1 Å². The van der Waals surface area contributed by atoms with Gasteiger partial charge in [-0.2, -0.15) is 0 Å². The summed E-state index contributed by atoms with van der Waals surface area (Å²) in [5.41, 5.74) is 2.56. The van der Waals surface area contributed by atoms with Crippen molar-refractivity contribution in [2.75, 3.05) is 0 Å². The Morgan fingerprint density at radius 1 is 1.25 bits per heavy atom. The van der Waals surface area contributed by atoms with E-state index in [0.717, 1.165) is 16.6 Å². The van der Waals surface area contributed by atoms with Crippen LogP contribution in [0.3, 0.4) is 0 Å². The van der Waals surface area contributed by atoms with Gasteiger partial charge in [0.15, 0.2) is 0 Å². The van der Waals surface area contributed by atoms with Crippen molar-refractivity contribution in [1.82, 2.24) is 9.13 Å². The molecule has 0 aliphatic carbocycles. The van der Waals surface area contributed by atoms with Crippen molar-refractivity contribution in [2.24, 2.45) is 14.1 Å². The van der Waals surface area contributed by atoms with Crippen molar-refractivity contribution in [2.45, 2.75) is 19.4 Å². The van der Waals surface area contributed by atoms with E-state index in [-0.39, 0.29) is 5.69 Å². The summed E-state index contributed by atoms with van der Waals surface area (Å²) in [5, 5.41) is 9.76. The molecule has 1 heterocycles. The molecule has 0 spiro atoms. The summed E-state index contributed by atoms with van der Waals surface area (Å²) in [6, 6.07) is 5.63. The Morgan fingerprint density at radius 2 is 1.88 bits per heavy atom. The molecule has 0 bridgehead atoms. The molecule has 0 aliphatic heterocycles. The molecular formula is C12H16N2O2. The minimum absolute atomic E-state index is 0.0434. The maximum atomic E-state index is 11.7. The molecule has 2 rings (SSSR count). The molecule has 0 aliphatic rings. The highest BCUT2D eigenvalue weighted by Gasteiger charge is 2.10. The number of rotatable bonds is 2. The second-order valence-electron chi connectivity index (χ2n) is 4.07. The lowest BCUT2D eigenvalue weighted by atomic mass is 10.1. The van der Waals surface area contributed by atoms with E-state index >= 15 is 0 Å². The molecule has 86 valence electrons. The predicted molar refractivity (Wildman–Crippen MR) is 63.4 cm³/mol. The smallest absolute Gasteiger partial charge is 0.328 e. The lowest BCUT2D eigenvalue weighted by Gasteiger charge is -2.08. The van der Waals surface area contributed by atoms with Gasteiger partial charge in [-0.15, -0.1) is 0 Å². The highest BCUT2D eigenvalue weighted by molar-refractivity contribution is 5.76. The predicted octanol–water partition coefficient (Wildman–Crippen LogP) is 1.32. The van der Waals surface area contributed by atoms with E-state index in [1.54, 1.807) is 23.2 Å². The maximum absolute atomic E-state index is 11.7. The number of fused-ring (bicyclic) bond motifs is 1. The van der Waals surface area contributed by atoms with E-state index in [9.17, 15) is 9.90 Å². The third-order valence-corrected chi connectivity index (χ3v) is 3.07. The lowest BCUT2D eigenvalue weighted by Crippen LogP contribution is -2.19. The quantitative estimate of drug-likeness (QED) is 0.829. The van der Waals surface area contributed by atoms with Gasteiger partial charge >= 0.3 is 5.69 Å². The first-order valence-corrected chi connectivity index (χ1v) is 5.39. The van der Waals surface area contributed by atoms with E-state index in [1.807, 2.05) is 25.1 Å². The fourth-order valence-corrected chi connectivity index (χ4v) is 1.97. The van der Waals surface area contributed by atoms with E-state index in [4.69, 9.17) is 0 Å². The minimum Gasteiger partial charge on any atom is -0.388 e. The summed E-state index contributed by atoms with van der Waals surface area (Å²) in [7, 11) is 3.49. The van der Waals surface area contributed by atoms with Crippen LogP contribution < -0.4 is 5.69 Å². The second-order valence-corrected chi connectivity index (χ2v) is 4.07. The van der Waals surface area contributed by atoms with Crippen LogP contribution in [0.5, 0.6) is 0 Å². The van der Waals surface area contributed by atoms with Gasteiger partial charge in [0.2, 0.25) is 0 Å². The van der Waals surface area contributed by atoms with E-state index in [0.29, 0.717) is 6.42 Å². The van der Waals surface area contributed by atoms with Crippen LogP contribution in [0, 0.1) is 0 Å². The summed E-state index contributed by atoms with van der Waals surface area (Å²) in [5.74, 6) is 0. The highest BCUT2D eigenvalue weighted by atomic mass is 16.3. The number of hydrogen-bond donors (Lipinski definition) is 1. The number of aliphatic hydroxyl groups is 1. The Balaban J connectivity index is 2.71. The summed E-state index contributed by atoms with van der Waals surface area (Å²) in [6.07, 6.45) is 0.214. The van der Waals surface area contributed by atoms with Crippen LogP contribution in [0.25, 0.3) is 11.0 Å². The normalized spacial score (nSPS) is 13.2. The molecule has 0 radical (unpaired) electrons. The molecule has 16 heavy (non-hydrogen) atoms. The van der Waals surface area contributed by atoms with Crippen molar-refractivity contribution in [3.8, 4) is 0 Å². The number of aryl methyl sites for hydroxylation is 2. The lowest BCUT2D eigenvalue weighted by molar-refractivity contribution is 0.174. The van der Waals surface area contributed by atoms with Crippen LogP contribution in [0.2, 0.25) is 0 Å². The van der Waals surface area contributed by atoms with Gasteiger partial charge in [-0.25, -0.2) is 4.79 Å². The standard InChI is InChI=1S/C12H16N2O2/c1-4-11(15)8-5-6-9-10(7-8)14(3)12(16)13(9)2/h5-7,11,15H,4H2,1-3H3. The third kappa shape index (κ3) is 1.46. The van der Waals surface area contributed by atoms with Crippen molar-refractivity contribution in [1.29, 1.82) is 0 Å². The minimum atomic E-state index is -0.459. The molecule has 2 aromatic rings. The first-order chi connectivity index (χ1) is 7.56. The second kappa shape index (κ2) is 3.79. The van der Waals surface area contributed by atoms with E-state index in [2.05, 4.69) is 0 Å². The summed E-state index contributed by atoms with van der Waals surface area (Å²) < 4.78 is 3.21. The van der Waals surface area contributed by atoms with Crippen LogP contribution in [-0.2, 0) is 14.1 Å². The topological polar surface area (TPSA) is 47.2 Å². The largest absolute Gasteiger partial charge is 0.388 e. The summed E-state index contributed by atoms with van der Waals surface area (Å²) in [6.45, 7) is 1.93. The van der Waals surface area contributed by atoms with Gasteiger partial charge in [0, 0.05) is 14.1 Å². The first-order valence-electron chi connectivity index (χ1n) is 5.39. The highest BCUT2D eigenvalue weighted by Crippen LogP contribution is 2.21. The molecule has 1 unspecified atom stereocenters. The van der Waals surface area contributed by atoms with Gasteiger partial charge in [-0.1, -0.05) is 13.0 Å². The summed E-state index contributed by atoms with van der Waals surface area (Å²) >= 11 is 0. The SMILES string of the molecule is CCC(O)c1ccc2c(c1)n(C)c(=O)n2C. The third-order valence-electron chi connectivity index (χ3n) is 3.07. The Labute approximate surface area is 93.7 Å². The van der Waals surface area contributed by atoms with E-state index < -0.39 is 6.10 Å². The van der Waals surface area contributed by atoms with Gasteiger partial charge in [0.05, 0.1) is 17.1 Å². The molecule has 0 amide bonds. The Kier molecular flexibility index (Phi) is 2.59. The van der Waals surface area contributed by atoms with Gasteiger partial charge in [-0.3, -0.25) is 9.13 Å². The molecule has 0 saturated carbocycles. The van der Waals surface area contributed by atoms with Crippen molar-refractivity contribution in [3.63, 3.8) is 0 Å². The van der Waals surface area contributed by atoms with Gasteiger partial charge in [0.25, 0.3) is 0 Å². The van der Waals surface area contributed by atoms with Crippen molar-refractivity contribution >= 4 is 11.0 Å². The fraction of sp³-hybridized carbons (Fsp3) is 0.417. The van der Waals surface area contributed by atoms with Crippen LogP contribution in [-0.4, -0.2) is 14.2 Å². The Bertz CT molecular complexity index is 580. The number of nitrogens with zero attached hydrogens (tertiary/aromatic N) is 2. The van der Waals surface area contributed by atoms with Crippen molar-refractivity contribution in [3.05, 3.63) is 34.2 Å². The molecule has 1 N–H and O–H groups in total. The fourth-order valence-electron chi connectivity index (χ4n) is 1.97. The van der Waals surface area contributed by atoms with Crippen LogP contribution in [0.15, 0.2) is 23.0 Å². The molecule has 0 fully saturated rings. The number of aliphatic hydroxyl groups excluding tert-OH is 1. The number of aromatic nitrogens is 2. The van der Waals surface area contributed by atoms with Crippen LogP contribution in [0.1, 0.15) is 25.0 Å². The average Bonchev–Trinajstić information content (AvgIpc) is 2.53.